The van der Waals surface area contributed by atoms with E-state index in [0.717, 1.165) is 0 Å². The summed E-state index contributed by atoms with van der Waals surface area (Å²) in [7, 11) is 0. The number of aromatic nitrogens is 1. The van der Waals surface area contributed by atoms with Gasteiger partial charge in [0.15, 0.2) is 12.4 Å². The van der Waals surface area contributed by atoms with Gasteiger partial charge in [-0.1, -0.05) is 23.7 Å². The number of hydrogen-bond acceptors (Lipinski definition) is 2. The Kier molecular flexibility index (Phi) is 6.78. The second-order valence-electron chi connectivity index (χ2n) is 3.98. The Morgan fingerprint density at radius 2 is 2.00 bits per heavy atom. The first-order valence-electron chi connectivity index (χ1n) is 5.87. The number of carbonyl (C=O) groups excluding carboxylic acids is 1. The summed E-state index contributed by atoms with van der Waals surface area (Å²) in [6.07, 6.45) is 4.71. The Morgan fingerprint density at radius 3 is 2.67 bits per heavy atom. The van der Waals surface area contributed by atoms with Crippen LogP contribution in [0.1, 0.15) is 5.56 Å². The van der Waals surface area contributed by atoms with E-state index in [1.807, 2.05) is 18.2 Å². The molecule has 2 aromatic rings. The number of hydrogen-bond donors (Lipinski definition) is 1. The molecule has 0 saturated carbocycles. The number of pyridine rings is 1. The van der Waals surface area contributed by atoms with Gasteiger partial charge in [-0.15, -0.1) is 0 Å². The third kappa shape index (κ3) is 5.13. The molecular formula is C14H12Cl2FN3O. The van der Waals surface area contributed by atoms with Gasteiger partial charge in [-0.05, 0) is 12.1 Å². The van der Waals surface area contributed by atoms with Crippen LogP contribution in [0, 0.1) is 5.82 Å². The molecule has 0 saturated heterocycles. The van der Waals surface area contributed by atoms with Crippen molar-refractivity contribution in [3.8, 4) is 0 Å². The van der Waals surface area contributed by atoms with E-state index in [2.05, 4.69) is 10.5 Å². The Labute approximate surface area is 132 Å². The summed E-state index contributed by atoms with van der Waals surface area (Å²) in [6, 6.07) is 9.81. The van der Waals surface area contributed by atoms with E-state index in [9.17, 15) is 9.18 Å². The summed E-state index contributed by atoms with van der Waals surface area (Å²) in [6.45, 7) is 0.128. The molecule has 110 valence electrons. The first kappa shape index (κ1) is 17.1. The van der Waals surface area contributed by atoms with E-state index in [0.29, 0.717) is 0 Å². The van der Waals surface area contributed by atoms with Crippen molar-refractivity contribution in [3.63, 3.8) is 0 Å². The third-order valence-corrected chi connectivity index (χ3v) is 2.82. The number of benzene rings is 1. The molecule has 0 fully saturated rings. The normalized spacial score (nSPS) is 10.2. The minimum Gasteiger partial charge on any atom is -1.00 e. The Balaban J connectivity index is 0.00000220. The molecule has 2 rings (SSSR count). The van der Waals surface area contributed by atoms with Crippen molar-refractivity contribution >= 4 is 23.7 Å². The summed E-state index contributed by atoms with van der Waals surface area (Å²) in [5.74, 6) is -0.808. The van der Waals surface area contributed by atoms with Crippen LogP contribution in [0.4, 0.5) is 4.39 Å². The Hall–Kier alpha value is -1.98. The molecule has 0 atom stereocenters. The highest BCUT2D eigenvalue weighted by Gasteiger charge is 2.07. The predicted molar refractivity (Wildman–Crippen MR) is 73.8 cm³/mol. The molecule has 0 bridgehead atoms. The van der Waals surface area contributed by atoms with Crippen molar-refractivity contribution in [1.29, 1.82) is 0 Å². The molecule has 1 heterocycles. The zero-order valence-electron chi connectivity index (χ0n) is 10.8. The minimum atomic E-state index is -0.493. The summed E-state index contributed by atoms with van der Waals surface area (Å²) >= 11 is 5.83. The second-order valence-corrected chi connectivity index (χ2v) is 4.38. The van der Waals surface area contributed by atoms with Gasteiger partial charge in [0, 0.05) is 17.7 Å². The molecule has 0 aliphatic heterocycles. The number of nitrogens with one attached hydrogen (secondary N) is 1. The summed E-state index contributed by atoms with van der Waals surface area (Å²) < 4.78 is 15.1. The van der Waals surface area contributed by atoms with Gasteiger partial charge in [-0.25, -0.2) is 9.82 Å². The lowest BCUT2D eigenvalue weighted by Crippen LogP contribution is -3.00. The fourth-order valence-corrected chi connectivity index (χ4v) is 1.76. The number of rotatable bonds is 4. The van der Waals surface area contributed by atoms with Gasteiger partial charge in [-0.2, -0.15) is 9.67 Å². The van der Waals surface area contributed by atoms with E-state index >= 15 is 0 Å². The van der Waals surface area contributed by atoms with Gasteiger partial charge in [0.05, 0.1) is 11.2 Å². The van der Waals surface area contributed by atoms with Crippen LogP contribution in [-0.2, 0) is 11.3 Å². The fourth-order valence-electron chi connectivity index (χ4n) is 1.54. The van der Waals surface area contributed by atoms with Crippen molar-refractivity contribution in [2.75, 3.05) is 0 Å². The highest BCUT2D eigenvalue weighted by Crippen LogP contribution is 2.16. The molecule has 0 unspecified atom stereocenters. The number of halogens is 3. The third-order valence-electron chi connectivity index (χ3n) is 2.49. The van der Waals surface area contributed by atoms with Crippen LogP contribution in [-0.4, -0.2) is 12.1 Å². The average Bonchev–Trinajstić information content (AvgIpc) is 2.43. The molecular weight excluding hydrogens is 316 g/mol. The van der Waals surface area contributed by atoms with Gasteiger partial charge >= 0.3 is 5.91 Å². The molecule has 1 N–H and O–H groups in total. The van der Waals surface area contributed by atoms with Crippen LogP contribution in [0.15, 0.2) is 53.9 Å². The van der Waals surface area contributed by atoms with Gasteiger partial charge in [-0.3, -0.25) is 4.79 Å². The van der Waals surface area contributed by atoms with E-state index in [-0.39, 0.29) is 35.4 Å². The zero-order chi connectivity index (χ0) is 14.4. The standard InChI is InChI=1S/C14H11ClFN3O.ClH/c15-12-5-4-6-13(16)11(12)9-17-18-14(20)10-19-7-2-1-3-8-19;/h1-9H,10H2;1H/b17-9+;. The van der Waals surface area contributed by atoms with Gasteiger partial charge in [0.25, 0.3) is 0 Å². The first-order valence-corrected chi connectivity index (χ1v) is 6.24. The molecule has 0 aliphatic rings. The van der Waals surface area contributed by atoms with Crippen LogP contribution >= 0.6 is 11.6 Å². The molecule has 0 spiro atoms. The predicted octanol–water partition coefficient (Wildman–Crippen LogP) is -1.08. The van der Waals surface area contributed by atoms with Crippen molar-refractivity contribution in [1.82, 2.24) is 5.43 Å². The molecule has 4 nitrogen and oxygen atoms in total. The lowest BCUT2D eigenvalue weighted by Gasteiger charge is -1.99. The van der Waals surface area contributed by atoms with Crippen molar-refractivity contribution in [2.24, 2.45) is 5.10 Å². The lowest BCUT2D eigenvalue weighted by atomic mass is 10.2. The van der Waals surface area contributed by atoms with E-state index in [1.165, 1.54) is 18.3 Å². The van der Waals surface area contributed by atoms with Crippen LogP contribution in [0.5, 0.6) is 0 Å². The summed E-state index contributed by atoms with van der Waals surface area (Å²) in [5, 5.41) is 3.93. The molecule has 21 heavy (non-hydrogen) atoms. The van der Waals surface area contributed by atoms with Crippen molar-refractivity contribution < 1.29 is 26.2 Å². The van der Waals surface area contributed by atoms with Crippen LogP contribution in [0.2, 0.25) is 5.02 Å². The largest absolute Gasteiger partial charge is 1.00 e. The van der Waals surface area contributed by atoms with Gasteiger partial charge < -0.3 is 12.4 Å². The molecule has 0 radical (unpaired) electrons. The Morgan fingerprint density at radius 1 is 1.29 bits per heavy atom. The van der Waals surface area contributed by atoms with E-state index in [4.69, 9.17) is 11.6 Å². The topological polar surface area (TPSA) is 45.3 Å². The summed E-state index contributed by atoms with van der Waals surface area (Å²) in [5.41, 5.74) is 2.46. The van der Waals surface area contributed by atoms with Crippen molar-refractivity contribution in [3.05, 3.63) is 65.2 Å². The van der Waals surface area contributed by atoms with Crippen LogP contribution in [0.3, 0.4) is 0 Å². The average molecular weight is 328 g/mol. The molecule has 0 aliphatic carbocycles. The molecule has 1 aromatic carbocycles. The fraction of sp³-hybridized carbons (Fsp3) is 0.0714. The minimum absolute atomic E-state index is 0. The number of nitrogens with zero attached hydrogens (tertiary/aromatic N) is 2. The highest BCUT2D eigenvalue weighted by molar-refractivity contribution is 6.33. The lowest BCUT2D eigenvalue weighted by molar-refractivity contribution is -0.684. The monoisotopic (exact) mass is 327 g/mol. The second kappa shape index (κ2) is 8.34. The first-order chi connectivity index (χ1) is 9.66. The smallest absolute Gasteiger partial charge is 0.305 e. The maximum atomic E-state index is 13.4. The van der Waals surface area contributed by atoms with Crippen LogP contribution in [0.25, 0.3) is 0 Å². The summed E-state index contributed by atoms with van der Waals surface area (Å²) in [4.78, 5) is 11.6. The maximum absolute atomic E-state index is 13.4. The Bertz CT molecular complexity index is 615. The van der Waals surface area contributed by atoms with Crippen LogP contribution < -0.4 is 22.4 Å². The van der Waals surface area contributed by atoms with Gasteiger partial charge in [0.2, 0.25) is 6.54 Å². The highest BCUT2D eigenvalue weighted by atomic mass is 35.5. The number of carbonyl (C=O) groups is 1. The van der Waals surface area contributed by atoms with Crippen molar-refractivity contribution in [2.45, 2.75) is 6.54 Å². The van der Waals surface area contributed by atoms with Gasteiger partial charge in [0.1, 0.15) is 5.82 Å². The number of amides is 1. The quantitative estimate of drug-likeness (QED) is 0.433. The maximum Gasteiger partial charge on any atom is 0.305 e. The number of hydrazone groups is 1. The molecule has 1 aromatic heterocycles. The van der Waals surface area contributed by atoms with E-state index in [1.54, 1.807) is 23.0 Å². The zero-order valence-corrected chi connectivity index (χ0v) is 12.4. The molecule has 7 heteroatoms. The SMILES string of the molecule is O=C(C[n+]1ccccc1)N/N=C/c1c(F)cccc1Cl.[Cl-]. The molecule has 1 amide bonds. The van der Waals surface area contributed by atoms with E-state index < -0.39 is 5.82 Å².